The van der Waals surface area contributed by atoms with Crippen LogP contribution in [0.5, 0.6) is 0 Å². The zero-order valence-electron chi connectivity index (χ0n) is 18.8. The zero-order valence-corrected chi connectivity index (χ0v) is 18.8. The summed E-state index contributed by atoms with van der Waals surface area (Å²) in [6.45, 7) is 4.59. The molecule has 0 spiro atoms. The summed E-state index contributed by atoms with van der Waals surface area (Å²) >= 11 is 0. The average Bonchev–Trinajstić information content (AvgIpc) is 3.10. The van der Waals surface area contributed by atoms with E-state index in [1.807, 2.05) is 11.7 Å². The minimum absolute atomic E-state index is 0.201. The lowest BCUT2D eigenvalue weighted by Gasteiger charge is -2.40. The maximum absolute atomic E-state index is 12.4. The highest BCUT2D eigenvalue weighted by molar-refractivity contribution is 6.02. The van der Waals surface area contributed by atoms with Crippen molar-refractivity contribution < 1.29 is 14.7 Å². The largest absolute Gasteiger partial charge is 0.388 e. The summed E-state index contributed by atoms with van der Waals surface area (Å²) in [6.07, 6.45) is 4.70. The van der Waals surface area contributed by atoms with Crippen LogP contribution < -0.4 is 10.6 Å². The van der Waals surface area contributed by atoms with E-state index in [4.69, 9.17) is 0 Å². The molecule has 0 aliphatic carbocycles. The average molecular weight is 440 g/mol. The second kappa shape index (κ2) is 8.57. The quantitative estimate of drug-likeness (QED) is 0.623. The summed E-state index contributed by atoms with van der Waals surface area (Å²) in [5.41, 5.74) is 2.58. The second-order valence-electron chi connectivity index (χ2n) is 9.81. The van der Waals surface area contributed by atoms with Gasteiger partial charge in [0.2, 0.25) is 11.8 Å². The summed E-state index contributed by atoms with van der Waals surface area (Å²) < 4.78 is 1.86. The van der Waals surface area contributed by atoms with Gasteiger partial charge in [-0.3, -0.25) is 19.6 Å². The molecule has 1 unspecified atom stereocenters. The van der Waals surface area contributed by atoms with Crippen LogP contribution in [0.25, 0.3) is 10.9 Å². The Morgan fingerprint density at radius 1 is 1.16 bits per heavy atom. The second-order valence-corrected chi connectivity index (χ2v) is 9.81. The van der Waals surface area contributed by atoms with Crippen LogP contribution in [-0.4, -0.2) is 69.9 Å². The van der Waals surface area contributed by atoms with E-state index in [0.29, 0.717) is 18.8 Å². The molecule has 4 heterocycles. The summed E-state index contributed by atoms with van der Waals surface area (Å²) in [5, 5.41) is 22.3. The standard InChI is InChI=1S/C24H33N5O3/c1-28-20-14-17(2-3-18(20)22(27-28)19-4-5-21(30)26-23(19)31)16-6-12-29(13-7-16)15-24(32)8-10-25-11-9-24/h2-3,14,16,19,25,32H,4-13,15H2,1H3,(H,26,30,31). The van der Waals surface area contributed by atoms with E-state index in [2.05, 4.69) is 38.8 Å². The number of imide groups is 1. The van der Waals surface area contributed by atoms with Gasteiger partial charge in [0.15, 0.2) is 0 Å². The number of β-amino-alcohol motifs (C(OH)–C–C–N with tert-alkyl or cyclic N) is 1. The first-order valence-corrected chi connectivity index (χ1v) is 11.9. The molecule has 1 aromatic heterocycles. The van der Waals surface area contributed by atoms with Crippen molar-refractivity contribution >= 4 is 22.7 Å². The molecule has 32 heavy (non-hydrogen) atoms. The number of nitrogens with zero attached hydrogens (tertiary/aromatic N) is 3. The number of likely N-dealkylation sites (tertiary alicyclic amines) is 1. The van der Waals surface area contributed by atoms with Crippen LogP contribution in [0, 0.1) is 0 Å². The van der Waals surface area contributed by atoms with Gasteiger partial charge in [0.05, 0.1) is 22.7 Å². The number of nitrogens with one attached hydrogen (secondary N) is 2. The van der Waals surface area contributed by atoms with Crippen LogP contribution in [0.15, 0.2) is 18.2 Å². The molecule has 3 aliphatic heterocycles. The summed E-state index contributed by atoms with van der Waals surface area (Å²) in [5.74, 6) is -0.320. The normalized spacial score (nSPS) is 25.2. The molecule has 0 bridgehead atoms. The number of carbonyl (C=O) groups is 2. The monoisotopic (exact) mass is 439 g/mol. The highest BCUT2D eigenvalue weighted by Gasteiger charge is 2.34. The summed E-state index contributed by atoms with van der Waals surface area (Å²) in [6, 6.07) is 6.50. The summed E-state index contributed by atoms with van der Waals surface area (Å²) in [7, 11) is 1.92. The lowest BCUT2D eigenvalue weighted by Crippen LogP contribution is -2.51. The van der Waals surface area contributed by atoms with Crippen molar-refractivity contribution in [2.45, 2.75) is 56.0 Å². The molecule has 5 rings (SSSR count). The molecule has 3 aliphatic rings. The Kier molecular flexibility index (Phi) is 5.77. The van der Waals surface area contributed by atoms with Crippen LogP contribution >= 0.6 is 0 Å². The number of hydrogen-bond acceptors (Lipinski definition) is 6. The first-order valence-electron chi connectivity index (χ1n) is 11.9. The molecule has 3 saturated heterocycles. The summed E-state index contributed by atoms with van der Waals surface area (Å²) in [4.78, 5) is 26.3. The van der Waals surface area contributed by atoms with Crippen LogP contribution in [0.3, 0.4) is 0 Å². The van der Waals surface area contributed by atoms with Gasteiger partial charge in [-0.25, -0.2) is 0 Å². The Morgan fingerprint density at radius 3 is 2.62 bits per heavy atom. The number of benzene rings is 1. The zero-order chi connectivity index (χ0) is 22.3. The van der Waals surface area contributed by atoms with Gasteiger partial charge < -0.3 is 15.3 Å². The Hall–Kier alpha value is -2.29. The fourth-order valence-corrected chi connectivity index (χ4v) is 5.66. The van der Waals surface area contributed by atoms with Crippen molar-refractivity contribution in [1.82, 2.24) is 25.3 Å². The van der Waals surface area contributed by atoms with Crippen molar-refractivity contribution in [1.29, 1.82) is 0 Å². The molecule has 3 fully saturated rings. The van der Waals surface area contributed by atoms with Crippen molar-refractivity contribution in [3.05, 3.63) is 29.5 Å². The van der Waals surface area contributed by atoms with Gasteiger partial charge in [-0.15, -0.1) is 0 Å². The Morgan fingerprint density at radius 2 is 1.91 bits per heavy atom. The van der Waals surface area contributed by atoms with Crippen molar-refractivity contribution in [3.63, 3.8) is 0 Å². The fourth-order valence-electron chi connectivity index (χ4n) is 5.66. The number of rotatable bonds is 4. The van der Waals surface area contributed by atoms with E-state index in [1.54, 1.807) is 0 Å². The van der Waals surface area contributed by atoms with E-state index in [0.717, 1.165) is 75.0 Å². The lowest BCUT2D eigenvalue weighted by molar-refractivity contribution is -0.134. The third-order valence-electron chi connectivity index (χ3n) is 7.58. The number of hydrogen-bond donors (Lipinski definition) is 3. The molecule has 1 atom stereocenters. The SMILES string of the molecule is Cn1nc(C2CCC(=O)NC2=O)c2ccc(C3CCN(CC4(O)CCNCC4)CC3)cc21. The molecular weight excluding hydrogens is 406 g/mol. The number of aromatic nitrogens is 2. The van der Waals surface area contributed by atoms with Crippen LogP contribution in [0.1, 0.15) is 61.6 Å². The molecule has 3 N–H and O–H groups in total. The van der Waals surface area contributed by atoms with Gasteiger partial charge in [-0.2, -0.15) is 5.10 Å². The minimum atomic E-state index is -0.544. The molecular formula is C24H33N5O3. The van der Waals surface area contributed by atoms with Crippen molar-refractivity contribution in [2.24, 2.45) is 7.05 Å². The van der Waals surface area contributed by atoms with Gasteiger partial charge in [0, 0.05) is 25.4 Å². The van der Waals surface area contributed by atoms with E-state index in [9.17, 15) is 14.7 Å². The van der Waals surface area contributed by atoms with Gasteiger partial charge in [-0.05, 0) is 75.8 Å². The fraction of sp³-hybridized carbons (Fsp3) is 0.625. The molecule has 8 heteroatoms. The van der Waals surface area contributed by atoms with Gasteiger partial charge >= 0.3 is 0 Å². The maximum atomic E-state index is 12.4. The highest BCUT2D eigenvalue weighted by atomic mass is 16.3. The van der Waals surface area contributed by atoms with E-state index in [-0.39, 0.29) is 17.7 Å². The maximum Gasteiger partial charge on any atom is 0.235 e. The van der Waals surface area contributed by atoms with E-state index in [1.165, 1.54) is 5.56 Å². The number of carbonyl (C=O) groups excluding carboxylic acids is 2. The van der Waals surface area contributed by atoms with E-state index < -0.39 is 5.60 Å². The lowest BCUT2D eigenvalue weighted by atomic mass is 9.86. The first-order chi connectivity index (χ1) is 15.4. The van der Waals surface area contributed by atoms with Crippen molar-refractivity contribution in [2.75, 3.05) is 32.7 Å². The van der Waals surface area contributed by atoms with E-state index >= 15 is 0 Å². The Labute approximate surface area is 188 Å². The number of piperidine rings is 3. The highest BCUT2D eigenvalue weighted by Crippen LogP contribution is 2.35. The van der Waals surface area contributed by atoms with Crippen LogP contribution in [0.4, 0.5) is 0 Å². The topological polar surface area (TPSA) is 99.5 Å². The number of aliphatic hydroxyl groups is 1. The number of aryl methyl sites for hydroxylation is 1. The molecule has 2 aromatic rings. The first kappa shape index (κ1) is 21.6. The van der Waals surface area contributed by atoms with Gasteiger partial charge in [0.1, 0.15) is 0 Å². The molecule has 0 radical (unpaired) electrons. The molecule has 0 saturated carbocycles. The number of amides is 2. The van der Waals surface area contributed by atoms with Gasteiger partial charge in [-0.1, -0.05) is 12.1 Å². The van der Waals surface area contributed by atoms with Gasteiger partial charge in [0.25, 0.3) is 0 Å². The molecule has 2 amide bonds. The van der Waals surface area contributed by atoms with Crippen LogP contribution in [-0.2, 0) is 16.6 Å². The minimum Gasteiger partial charge on any atom is -0.388 e. The Balaban J connectivity index is 1.28. The molecule has 8 nitrogen and oxygen atoms in total. The third kappa shape index (κ3) is 4.19. The number of fused-ring (bicyclic) bond motifs is 1. The third-order valence-corrected chi connectivity index (χ3v) is 7.58. The molecule has 1 aromatic carbocycles. The van der Waals surface area contributed by atoms with Crippen molar-refractivity contribution in [3.8, 4) is 0 Å². The predicted octanol–water partition coefficient (Wildman–Crippen LogP) is 1.39. The van der Waals surface area contributed by atoms with Crippen LogP contribution in [0.2, 0.25) is 0 Å². The Bertz CT molecular complexity index is 1020. The molecule has 172 valence electrons. The predicted molar refractivity (Wildman–Crippen MR) is 121 cm³/mol. The smallest absolute Gasteiger partial charge is 0.235 e.